The molecule has 3 aromatic rings. The van der Waals surface area contributed by atoms with Crippen LogP contribution in [0, 0.1) is 0 Å². The summed E-state index contributed by atoms with van der Waals surface area (Å²) < 4.78 is 27.9. The maximum atomic E-state index is 12.5. The topological polar surface area (TPSA) is 66.4 Å². The van der Waals surface area contributed by atoms with Crippen molar-refractivity contribution < 1.29 is 13.5 Å². The van der Waals surface area contributed by atoms with Crippen LogP contribution in [0.5, 0.6) is 5.75 Å². The van der Waals surface area contributed by atoms with E-state index >= 15 is 0 Å². The van der Waals surface area contributed by atoms with Gasteiger partial charge in [-0.25, -0.2) is 8.42 Å². The lowest BCUT2D eigenvalue weighted by molar-refractivity contribution is 0.478. The van der Waals surface area contributed by atoms with Crippen LogP contribution in [-0.2, 0) is 10.0 Å². The van der Waals surface area contributed by atoms with Crippen molar-refractivity contribution in [3.05, 3.63) is 65.1 Å². The van der Waals surface area contributed by atoms with Crippen LogP contribution < -0.4 is 4.72 Å². The number of fused-ring (bicyclic) bond motifs is 1. The van der Waals surface area contributed by atoms with E-state index in [0.29, 0.717) is 20.9 Å². The molecule has 6 heteroatoms. The van der Waals surface area contributed by atoms with Crippen LogP contribution in [0.4, 0.5) is 5.69 Å². The predicted molar refractivity (Wildman–Crippen MR) is 90.6 cm³/mol. The predicted octanol–water partition coefficient (Wildman–Crippen LogP) is 4.11. The van der Waals surface area contributed by atoms with Gasteiger partial charge in [-0.1, -0.05) is 42.5 Å². The first-order valence-electron chi connectivity index (χ1n) is 6.47. The highest BCUT2D eigenvalue weighted by atomic mass is 79.9. The molecule has 0 saturated heterocycles. The molecular formula is C16H12BrNO3S. The van der Waals surface area contributed by atoms with Gasteiger partial charge in [0.05, 0.1) is 15.1 Å². The number of anilines is 1. The lowest BCUT2D eigenvalue weighted by Gasteiger charge is -2.13. The van der Waals surface area contributed by atoms with Crippen molar-refractivity contribution in [2.45, 2.75) is 4.90 Å². The van der Waals surface area contributed by atoms with Crippen molar-refractivity contribution >= 4 is 42.4 Å². The minimum atomic E-state index is -3.69. The van der Waals surface area contributed by atoms with E-state index in [-0.39, 0.29) is 10.6 Å². The number of phenols is 1. The third-order valence-corrected chi connectivity index (χ3v) is 5.25. The van der Waals surface area contributed by atoms with Crippen molar-refractivity contribution in [2.24, 2.45) is 0 Å². The Morgan fingerprint density at radius 3 is 2.18 bits per heavy atom. The normalized spacial score (nSPS) is 11.5. The molecule has 22 heavy (non-hydrogen) atoms. The SMILES string of the molecule is O=S(=O)(Nc1cc(Br)c(O)c2ccccc12)c1ccccc1. The van der Waals surface area contributed by atoms with Crippen molar-refractivity contribution in [3.8, 4) is 5.75 Å². The first-order chi connectivity index (χ1) is 10.5. The molecule has 0 spiro atoms. The quantitative estimate of drug-likeness (QED) is 0.674. The van der Waals surface area contributed by atoms with Crippen LogP contribution in [0.25, 0.3) is 10.8 Å². The smallest absolute Gasteiger partial charge is 0.261 e. The fourth-order valence-electron chi connectivity index (χ4n) is 2.21. The molecule has 0 amide bonds. The molecule has 2 N–H and O–H groups in total. The minimum Gasteiger partial charge on any atom is -0.506 e. The highest BCUT2D eigenvalue weighted by Gasteiger charge is 2.17. The average molecular weight is 378 g/mol. The summed E-state index contributed by atoms with van der Waals surface area (Å²) in [5.74, 6) is 0.0817. The van der Waals surface area contributed by atoms with E-state index in [4.69, 9.17) is 0 Å². The van der Waals surface area contributed by atoms with Crippen molar-refractivity contribution in [1.82, 2.24) is 0 Å². The van der Waals surface area contributed by atoms with Gasteiger partial charge in [-0.15, -0.1) is 0 Å². The zero-order chi connectivity index (χ0) is 15.7. The number of nitrogens with one attached hydrogen (secondary N) is 1. The summed E-state index contributed by atoms with van der Waals surface area (Å²) in [7, 11) is -3.69. The number of sulfonamides is 1. The number of aromatic hydroxyl groups is 1. The van der Waals surface area contributed by atoms with E-state index in [9.17, 15) is 13.5 Å². The fraction of sp³-hybridized carbons (Fsp3) is 0. The van der Waals surface area contributed by atoms with Gasteiger partial charge in [-0.3, -0.25) is 4.72 Å². The van der Waals surface area contributed by atoms with Crippen LogP contribution in [0.2, 0.25) is 0 Å². The molecule has 4 nitrogen and oxygen atoms in total. The molecule has 0 aromatic heterocycles. The van der Waals surface area contributed by atoms with Gasteiger partial charge in [0.1, 0.15) is 5.75 Å². The molecule has 0 aliphatic rings. The Hall–Kier alpha value is -2.05. The maximum Gasteiger partial charge on any atom is 0.261 e. The van der Waals surface area contributed by atoms with Crippen molar-refractivity contribution in [3.63, 3.8) is 0 Å². The van der Waals surface area contributed by atoms with Crippen LogP contribution in [-0.4, -0.2) is 13.5 Å². The molecule has 0 atom stereocenters. The van der Waals surface area contributed by atoms with Gasteiger partial charge in [0, 0.05) is 10.8 Å². The van der Waals surface area contributed by atoms with Gasteiger partial charge < -0.3 is 5.11 Å². The standard InChI is InChI=1S/C16H12BrNO3S/c17-14-10-15(12-8-4-5-9-13(12)16(14)19)18-22(20,21)11-6-2-1-3-7-11/h1-10,18-19H. The third kappa shape index (κ3) is 2.67. The number of halogens is 1. The number of benzene rings is 3. The summed E-state index contributed by atoms with van der Waals surface area (Å²) in [6.45, 7) is 0. The van der Waals surface area contributed by atoms with Gasteiger partial charge in [0.2, 0.25) is 0 Å². The summed E-state index contributed by atoms with van der Waals surface area (Å²) in [6.07, 6.45) is 0. The highest BCUT2D eigenvalue weighted by molar-refractivity contribution is 9.10. The second-order valence-electron chi connectivity index (χ2n) is 4.72. The fourth-order valence-corrected chi connectivity index (χ4v) is 3.75. The average Bonchev–Trinajstić information content (AvgIpc) is 2.53. The zero-order valence-corrected chi connectivity index (χ0v) is 13.7. The van der Waals surface area contributed by atoms with Gasteiger partial charge >= 0.3 is 0 Å². The second-order valence-corrected chi connectivity index (χ2v) is 7.26. The minimum absolute atomic E-state index is 0.0817. The summed E-state index contributed by atoms with van der Waals surface area (Å²) >= 11 is 3.25. The van der Waals surface area contributed by atoms with Crippen LogP contribution in [0.3, 0.4) is 0 Å². The Kier molecular flexibility index (Phi) is 3.80. The molecule has 0 saturated carbocycles. The molecule has 112 valence electrons. The number of rotatable bonds is 3. The number of phenolic OH excluding ortho intramolecular Hbond substituents is 1. The van der Waals surface area contributed by atoms with Gasteiger partial charge in [0.15, 0.2) is 0 Å². The Bertz CT molecular complexity index is 940. The highest BCUT2D eigenvalue weighted by Crippen LogP contribution is 2.38. The van der Waals surface area contributed by atoms with Gasteiger partial charge in [0.25, 0.3) is 10.0 Å². The molecular weight excluding hydrogens is 366 g/mol. The molecule has 0 radical (unpaired) electrons. The Morgan fingerprint density at radius 2 is 1.50 bits per heavy atom. The zero-order valence-electron chi connectivity index (χ0n) is 11.3. The molecule has 0 aliphatic carbocycles. The summed E-state index contributed by atoms with van der Waals surface area (Å²) in [5.41, 5.74) is 0.407. The molecule has 3 aromatic carbocycles. The van der Waals surface area contributed by atoms with Crippen molar-refractivity contribution in [1.29, 1.82) is 0 Å². The van der Waals surface area contributed by atoms with Crippen molar-refractivity contribution in [2.75, 3.05) is 4.72 Å². The first kappa shape index (κ1) is 14.9. The van der Waals surface area contributed by atoms with E-state index in [1.54, 1.807) is 48.5 Å². The third-order valence-electron chi connectivity index (χ3n) is 3.27. The van der Waals surface area contributed by atoms with E-state index in [1.807, 2.05) is 0 Å². The monoisotopic (exact) mass is 377 g/mol. The molecule has 0 bridgehead atoms. The number of hydrogen-bond acceptors (Lipinski definition) is 3. The van der Waals surface area contributed by atoms with E-state index in [2.05, 4.69) is 20.7 Å². The molecule has 0 fully saturated rings. The van der Waals surface area contributed by atoms with Gasteiger partial charge in [-0.2, -0.15) is 0 Å². The van der Waals surface area contributed by atoms with Crippen LogP contribution in [0.15, 0.2) is 70.0 Å². The van der Waals surface area contributed by atoms with Crippen LogP contribution >= 0.6 is 15.9 Å². The Balaban J connectivity index is 2.14. The molecule has 3 rings (SSSR count). The largest absolute Gasteiger partial charge is 0.506 e. The lowest BCUT2D eigenvalue weighted by Crippen LogP contribution is -2.13. The van der Waals surface area contributed by atoms with E-state index in [1.165, 1.54) is 12.1 Å². The summed E-state index contributed by atoms with van der Waals surface area (Å²) in [4.78, 5) is 0.184. The lowest BCUT2D eigenvalue weighted by atomic mass is 10.1. The maximum absolute atomic E-state index is 12.5. The second kappa shape index (κ2) is 5.62. The Labute approximate surface area is 136 Å². The first-order valence-corrected chi connectivity index (χ1v) is 8.75. The molecule has 0 heterocycles. The van der Waals surface area contributed by atoms with E-state index in [0.717, 1.165) is 0 Å². The van der Waals surface area contributed by atoms with E-state index < -0.39 is 10.0 Å². The van der Waals surface area contributed by atoms with Crippen LogP contribution in [0.1, 0.15) is 0 Å². The summed E-state index contributed by atoms with van der Waals surface area (Å²) in [5, 5.41) is 11.3. The Morgan fingerprint density at radius 1 is 0.909 bits per heavy atom. The number of hydrogen-bond donors (Lipinski definition) is 2. The van der Waals surface area contributed by atoms with Gasteiger partial charge in [-0.05, 0) is 34.1 Å². The summed E-state index contributed by atoms with van der Waals surface area (Å²) in [6, 6.07) is 16.8. The molecule has 0 unspecified atom stereocenters. The molecule has 0 aliphatic heterocycles.